The highest BCUT2D eigenvalue weighted by Crippen LogP contribution is 2.44. The van der Waals surface area contributed by atoms with Gasteiger partial charge in [-0.15, -0.1) is 0 Å². The van der Waals surface area contributed by atoms with Gasteiger partial charge in [-0.1, -0.05) is 146 Å². The maximum Gasteiger partial charge on any atom is 0.136 e. The zero-order valence-electron chi connectivity index (χ0n) is 33.2. The Morgan fingerprint density at radius 2 is 0.689 bits per heavy atom. The third-order valence-corrected chi connectivity index (χ3v) is 12.2. The number of fused-ring (bicyclic) bond motifs is 9. The van der Waals surface area contributed by atoms with Crippen molar-refractivity contribution in [2.45, 2.75) is 0 Å². The van der Waals surface area contributed by atoms with E-state index in [4.69, 9.17) is 4.42 Å². The van der Waals surface area contributed by atoms with Crippen molar-refractivity contribution in [3.8, 4) is 11.1 Å². The highest BCUT2D eigenvalue weighted by Gasteiger charge is 2.19. The van der Waals surface area contributed by atoms with Crippen LogP contribution in [0.15, 0.2) is 235 Å². The normalized spacial score (nSPS) is 11.6. The largest absolute Gasteiger partial charge is 0.456 e. The Hall–Kier alpha value is -8.14. The predicted octanol–water partition coefficient (Wildman–Crippen LogP) is 16.8. The lowest BCUT2D eigenvalue weighted by molar-refractivity contribution is 0.669. The fourth-order valence-corrected chi connectivity index (χ4v) is 9.21. The lowest BCUT2D eigenvalue weighted by atomic mass is 9.98. The monoisotopic (exact) mass is 778 g/mol. The van der Waals surface area contributed by atoms with Crippen LogP contribution in [0.1, 0.15) is 0 Å². The minimum absolute atomic E-state index is 0.906. The molecule has 0 aliphatic heterocycles. The smallest absolute Gasteiger partial charge is 0.136 e. The van der Waals surface area contributed by atoms with E-state index in [-0.39, 0.29) is 0 Å². The van der Waals surface area contributed by atoms with Crippen LogP contribution < -0.4 is 9.80 Å². The fraction of sp³-hybridized carbons (Fsp3) is 0. The molecule has 0 atom stereocenters. The van der Waals surface area contributed by atoms with Crippen LogP contribution in [0.25, 0.3) is 76.2 Å². The van der Waals surface area contributed by atoms with Gasteiger partial charge in [-0.25, -0.2) is 0 Å². The zero-order valence-corrected chi connectivity index (χ0v) is 33.2. The third kappa shape index (κ3) is 6.06. The molecule has 0 fully saturated rings. The summed E-state index contributed by atoms with van der Waals surface area (Å²) in [7, 11) is 0. The van der Waals surface area contributed by atoms with Crippen LogP contribution in [-0.4, -0.2) is 0 Å². The van der Waals surface area contributed by atoms with E-state index in [1.807, 2.05) is 12.1 Å². The summed E-state index contributed by atoms with van der Waals surface area (Å²) in [4.78, 5) is 4.76. The quantitative estimate of drug-likeness (QED) is 0.150. The molecule has 3 heteroatoms. The molecule has 0 saturated heterocycles. The van der Waals surface area contributed by atoms with Crippen molar-refractivity contribution in [3.05, 3.63) is 231 Å². The van der Waals surface area contributed by atoms with Gasteiger partial charge in [0.05, 0.1) is 0 Å². The van der Waals surface area contributed by atoms with Crippen molar-refractivity contribution in [1.82, 2.24) is 0 Å². The Bertz CT molecular complexity index is 3590. The molecule has 61 heavy (non-hydrogen) atoms. The Morgan fingerprint density at radius 3 is 1.39 bits per heavy atom. The van der Waals surface area contributed by atoms with Crippen molar-refractivity contribution < 1.29 is 4.42 Å². The molecular weight excluding hydrogens is 741 g/mol. The maximum absolute atomic E-state index is 6.31. The molecule has 0 amide bonds. The SMILES string of the molecule is c1ccc(-c2ccc(N(c3cccc(N(c4ccccc4)c4ccc5ccc6ccccc6c5c4)c3)c3ccc4ccc5cc6oc7ccccc7c6cc5c4c3)cc2)cc1. The van der Waals surface area contributed by atoms with E-state index in [9.17, 15) is 0 Å². The van der Waals surface area contributed by atoms with Crippen molar-refractivity contribution in [1.29, 1.82) is 0 Å². The number of hydrogen-bond donors (Lipinski definition) is 0. The summed E-state index contributed by atoms with van der Waals surface area (Å²) in [6.07, 6.45) is 0. The number of anilines is 6. The van der Waals surface area contributed by atoms with Gasteiger partial charge in [0.15, 0.2) is 0 Å². The van der Waals surface area contributed by atoms with Crippen LogP contribution in [0.4, 0.5) is 34.1 Å². The van der Waals surface area contributed by atoms with Gasteiger partial charge in [-0.05, 0) is 139 Å². The Morgan fingerprint density at radius 1 is 0.230 bits per heavy atom. The van der Waals surface area contributed by atoms with E-state index in [1.165, 1.54) is 48.8 Å². The average molecular weight is 779 g/mol. The molecule has 0 spiro atoms. The first kappa shape index (κ1) is 34.9. The molecule has 12 aromatic rings. The molecule has 11 aromatic carbocycles. The molecule has 0 aliphatic rings. The first-order valence-corrected chi connectivity index (χ1v) is 20.8. The topological polar surface area (TPSA) is 19.6 Å². The highest BCUT2D eigenvalue weighted by atomic mass is 16.3. The minimum atomic E-state index is 0.906. The average Bonchev–Trinajstić information content (AvgIpc) is 3.69. The number of furan rings is 1. The van der Waals surface area contributed by atoms with Crippen LogP contribution in [0.5, 0.6) is 0 Å². The third-order valence-electron chi connectivity index (χ3n) is 12.2. The van der Waals surface area contributed by atoms with E-state index >= 15 is 0 Å². The Balaban J connectivity index is 1.05. The van der Waals surface area contributed by atoms with Crippen LogP contribution in [0, 0.1) is 0 Å². The summed E-state index contributed by atoms with van der Waals surface area (Å²) in [5.41, 5.74) is 10.6. The summed E-state index contributed by atoms with van der Waals surface area (Å²) >= 11 is 0. The zero-order chi connectivity index (χ0) is 40.3. The van der Waals surface area contributed by atoms with Crippen LogP contribution in [0.3, 0.4) is 0 Å². The Kier molecular flexibility index (Phi) is 8.17. The summed E-state index contributed by atoms with van der Waals surface area (Å²) < 4.78 is 6.31. The molecule has 0 bridgehead atoms. The van der Waals surface area contributed by atoms with Gasteiger partial charge in [0.25, 0.3) is 0 Å². The lowest BCUT2D eigenvalue weighted by Gasteiger charge is -2.30. The van der Waals surface area contributed by atoms with Crippen molar-refractivity contribution in [3.63, 3.8) is 0 Å². The summed E-state index contributed by atoms with van der Waals surface area (Å²) in [6.45, 7) is 0. The molecule has 0 N–H and O–H groups in total. The van der Waals surface area contributed by atoms with Crippen LogP contribution in [0.2, 0.25) is 0 Å². The molecule has 0 aliphatic carbocycles. The molecule has 0 saturated carbocycles. The summed E-state index contributed by atoms with van der Waals surface area (Å²) in [5, 5.41) is 11.9. The van der Waals surface area contributed by atoms with E-state index in [2.05, 4.69) is 228 Å². The number of nitrogens with zero attached hydrogens (tertiary/aromatic N) is 2. The minimum Gasteiger partial charge on any atom is -0.456 e. The number of hydrogen-bond acceptors (Lipinski definition) is 3. The maximum atomic E-state index is 6.31. The van der Waals surface area contributed by atoms with Crippen LogP contribution in [-0.2, 0) is 0 Å². The van der Waals surface area contributed by atoms with E-state index in [0.29, 0.717) is 0 Å². The van der Waals surface area contributed by atoms with Crippen molar-refractivity contribution >= 4 is 99.2 Å². The van der Waals surface area contributed by atoms with E-state index < -0.39 is 0 Å². The first-order chi connectivity index (χ1) is 30.2. The van der Waals surface area contributed by atoms with Gasteiger partial charge >= 0.3 is 0 Å². The van der Waals surface area contributed by atoms with E-state index in [1.54, 1.807) is 0 Å². The van der Waals surface area contributed by atoms with Crippen molar-refractivity contribution in [2.75, 3.05) is 9.80 Å². The second-order valence-electron chi connectivity index (χ2n) is 15.8. The summed E-state index contributed by atoms with van der Waals surface area (Å²) in [6, 6.07) is 83.2. The van der Waals surface area contributed by atoms with Gasteiger partial charge in [-0.2, -0.15) is 0 Å². The van der Waals surface area contributed by atoms with Gasteiger partial charge < -0.3 is 14.2 Å². The molecule has 12 rings (SSSR count). The first-order valence-electron chi connectivity index (χ1n) is 20.8. The molecule has 0 unspecified atom stereocenters. The molecule has 1 heterocycles. The van der Waals surface area contributed by atoms with Gasteiger partial charge in [0.2, 0.25) is 0 Å². The van der Waals surface area contributed by atoms with E-state index in [0.717, 1.165) is 61.4 Å². The predicted molar refractivity (Wildman–Crippen MR) is 259 cm³/mol. The molecule has 1 aromatic heterocycles. The standard InChI is InChI=1S/C58H38N2O/c1-3-12-39(13-4-1)40-26-30-46(31-27-40)60(50-33-29-43-24-25-44-34-58-56(38-55(44)54(43)37-50)52-20-9-10-21-57(52)61-58)48-18-11-17-47(35-48)59(45-15-5-2-6-16-45)49-32-28-42-23-22-41-14-7-8-19-51(41)53(42)36-49/h1-38H. The second kappa shape index (κ2) is 14.3. The lowest BCUT2D eigenvalue weighted by Crippen LogP contribution is -2.13. The molecule has 3 nitrogen and oxygen atoms in total. The number of para-hydroxylation sites is 2. The highest BCUT2D eigenvalue weighted by molar-refractivity contribution is 6.17. The molecular formula is C58H38N2O. The van der Waals surface area contributed by atoms with Gasteiger partial charge in [-0.3, -0.25) is 0 Å². The fourth-order valence-electron chi connectivity index (χ4n) is 9.21. The van der Waals surface area contributed by atoms with Gasteiger partial charge in [0.1, 0.15) is 11.2 Å². The molecule has 286 valence electrons. The Labute approximate surface area is 353 Å². The number of rotatable bonds is 7. The second-order valence-corrected chi connectivity index (χ2v) is 15.8. The summed E-state index contributed by atoms with van der Waals surface area (Å²) in [5.74, 6) is 0. The van der Waals surface area contributed by atoms with Crippen molar-refractivity contribution in [2.24, 2.45) is 0 Å². The van der Waals surface area contributed by atoms with Gasteiger partial charge in [0, 0.05) is 44.9 Å². The number of benzene rings is 11. The molecule has 0 radical (unpaired) electrons. The van der Waals surface area contributed by atoms with Crippen LogP contribution >= 0.6 is 0 Å².